The zero-order valence-corrected chi connectivity index (χ0v) is 10.9. The summed E-state index contributed by atoms with van der Waals surface area (Å²) in [5.41, 5.74) is 0.789. The van der Waals surface area contributed by atoms with E-state index in [1.807, 2.05) is 0 Å². The van der Waals surface area contributed by atoms with Gasteiger partial charge in [0.1, 0.15) is 5.56 Å². The lowest BCUT2D eigenvalue weighted by Gasteiger charge is -2.31. The average molecular weight is 263 g/mol. The smallest absolute Gasteiger partial charge is 0.339 e. The zero-order chi connectivity index (χ0) is 14.0. The molecule has 102 valence electrons. The van der Waals surface area contributed by atoms with Crippen LogP contribution in [0.25, 0.3) is 0 Å². The quantitative estimate of drug-likeness (QED) is 0.826. The molecule has 0 bridgehead atoms. The number of hydrogen-bond donors (Lipinski definition) is 1. The summed E-state index contributed by atoms with van der Waals surface area (Å²) in [6.07, 6.45) is 4.49. The van der Waals surface area contributed by atoms with Crippen molar-refractivity contribution in [1.82, 2.24) is 14.7 Å². The summed E-state index contributed by atoms with van der Waals surface area (Å²) in [6.45, 7) is 4.67. The third-order valence-corrected chi connectivity index (χ3v) is 3.38. The molecule has 0 aromatic carbocycles. The molecule has 2 heterocycles. The predicted molar refractivity (Wildman–Crippen MR) is 68.9 cm³/mol. The Kier molecular flexibility index (Phi) is 3.69. The van der Waals surface area contributed by atoms with Crippen LogP contribution in [0.3, 0.4) is 0 Å². The second kappa shape index (κ2) is 5.26. The van der Waals surface area contributed by atoms with E-state index in [1.54, 1.807) is 11.9 Å². The molecular formula is C13H17N3O3. The number of aromatic nitrogens is 2. The Labute approximate surface area is 111 Å². The van der Waals surface area contributed by atoms with E-state index in [0.29, 0.717) is 18.8 Å². The molecule has 0 radical (unpaired) electrons. The topological polar surface area (TPSA) is 75.4 Å². The Hall–Kier alpha value is -2.11. The van der Waals surface area contributed by atoms with Crippen LogP contribution in [0.1, 0.15) is 34.8 Å². The predicted octanol–water partition coefficient (Wildman–Crippen LogP) is 1.01. The van der Waals surface area contributed by atoms with Crippen LogP contribution in [0, 0.1) is 0 Å². The van der Waals surface area contributed by atoms with Gasteiger partial charge in [0.05, 0.1) is 5.69 Å². The summed E-state index contributed by atoms with van der Waals surface area (Å²) in [5.74, 6) is -1.11. The Bertz CT molecular complexity index is 521. The fourth-order valence-electron chi connectivity index (χ4n) is 2.50. The maximum absolute atomic E-state index is 11.6. The largest absolute Gasteiger partial charge is 0.478 e. The van der Waals surface area contributed by atoms with Crippen molar-refractivity contribution in [3.05, 3.63) is 30.1 Å². The molecule has 6 nitrogen and oxygen atoms in total. The van der Waals surface area contributed by atoms with Gasteiger partial charge in [0.15, 0.2) is 0 Å². The highest BCUT2D eigenvalue weighted by molar-refractivity contribution is 5.89. The summed E-state index contributed by atoms with van der Waals surface area (Å²) in [5, 5.41) is 13.4. The van der Waals surface area contributed by atoms with Gasteiger partial charge in [0.2, 0.25) is 5.91 Å². The van der Waals surface area contributed by atoms with E-state index in [0.717, 1.165) is 12.8 Å². The highest BCUT2D eigenvalue weighted by atomic mass is 16.4. The summed E-state index contributed by atoms with van der Waals surface area (Å²) in [7, 11) is 1.70. The molecular weight excluding hydrogens is 246 g/mol. The van der Waals surface area contributed by atoms with Crippen LogP contribution in [0.2, 0.25) is 0 Å². The first-order chi connectivity index (χ1) is 9.02. The van der Waals surface area contributed by atoms with Crippen LogP contribution in [0.5, 0.6) is 0 Å². The second-order valence-electron chi connectivity index (χ2n) is 4.73. The van der Waals surface area contributed by atoms with Crippen molar-refractivity contribution < 1.29 is 14.7 Å². The van der Waals surface area contributed by atoms with Gasteiger partial charge in [-0.2, -0.15) is 5.10 Å². The van der Waals surface area contributed by atoms with Crippen molar-refractivity contribution in [3.63, 3.8) is 0 Å². The van der Waals surface area contributed by atoms with Crippen LogP contribution in [-0.4, -0.2) is 44.8 Å². The molecule has 1 amide bonds. The van der Waals surface area contributed by atoms with E-state index in [1.165, 1.54) is 17.0 Å². The Balaban J connectivity index is 2.24. The minimum absolute atomic E-state index is 0.0232. The number of hydrogen-bond acceptors (Lipinski definition) is 3. The molecule has 1 atom stereocenters. The molecule has 1 unspecified atom stereocenters. The number of nitrogens with zero attached hydrogens (tertiary/aromatic N) is 3. The molecule has 6 heteroatoms. The molecule has 19 heavy (non-hydrogen) atoms. The van der Waals surface area contributed by atoms with Crippen molar-refractivity contribution >= 4 is 11.9 Å². The first kappa shape index (κ1) is 13.3. The number of piperidine rings is 1. The number of carboxylic acids is 1. The Morgan fingerprint density at radius 3 is 2.95 bits per heavy atom. The van der Waals surface area contributed by atoms with E-state index in [-0.39, 0.29) is 17.4 Å². The SMILES string of the molecule is C=CC(=O)N1CCCC(c2nn(C)cc2C(=O)O)C1. The molecule has 1 aromatic rings. The maximum Gasteiger partial charge on any atom is 0.339 e. The number of aryl methyl sites for hydroxylation is 1. The van der Waals surface area contributed by atoms with Crippen LogP contribution in [-0.2, 0) is 11.8 Å². The normalized spacial score (nSPS) is 19.2. The number of carboxylic acid groups (broad SMARTS) is 1. The number of rotatable bonds is 3. The van der Waals surface area contributed by atoms with E-state index in [9.17, 15) is 14.7 Å². The highest BCUT2D eigenvalue weighted by Crippen LogP contribution is 2.28. The highest BCUT2D eigenvalue weighted by Gasteiger charge is 2.29. The lowest BCUT2D eigenvalue weighted by Crippen LogP contribution is -2.38. The third-order valence-electron chi connectivity index (χ3n) is 3.38. The number of amides is 1. The van der Waals surface area contributed by atoms with E-state index < -0.39 is 5.97 Å². The van der Waals surface area contributed by atoms with Gasteiger partial charge in [0, 0.05) is 32.3 Å². The Morgan fingerprint density at radius 1 is 1.58 bits per heavy atom. The number of aromatic carboxylic acids is 1. The molecule has 0 aliphatic carbocycles. The van der Waals surface area contributed by atoms with Gasteiger partial charge in [-0.15, -0.1) is 0 Å². The molecule has 1 fully saturated rings. The lowest BCUT2D eigenvalue weighted by atomic mass is 9.92. The third kappa shape index (κ3) is 2.67. The second-order valence-corrected chi connectivity index (χ2v) is 4.73. The van der Waals surface area contributed by atoms with Gasteiger partial charge >= 0.3 is 5.97 Å². The van der Waals surface area contributed by atoms with Crippen molar-refractivity contribution in [3.8, 4) is 0 Å². The van der Waals surface area contributed by atoms with Gasteiger partial charge in [0.25, 0.3) is 0 Å². The van der Waals surface area contributed by atoms with Gasteiger partial charge in [-0.3, -0.25) is 9.48 Å². The van der Waals surface area contributed by atoms with Gasteiger partial charge < -0.3 is 10.0 Å². The van der Waals surface area contributed by atoms with Crippen molar-refractivity contribution in [2.45, 2.75) is 18.8 Å². The molecule has 0 spiro atoms. The number of carbonyl (C=O) groups is 2. The molecule has 0 saturated carbocycles. The number of carbonyl (C=O) groups excluding carboxylic acids is 1. The first-order valence-electron chi connectivity index (χ1n) is 6.21. The maximum atomic E-state index is 11.6. The fraction of sp³-hybridized carbons (Fsp3) is 0.462. The van der Waals surface area contributed by atoms with Crippen molar-refractivity contribution in [1.29, 1.82) is 0 Å². The first-order valence-corrected chi connectivity index (χ1v) is 6.21. The monoisotopic (exact) mass is 263 g/mol. The summed E-state index contributed by atoms with van der Waals surface area (Å²) >= 11 is 0. The summed E-state index contributed by atoms with van der Waals surface area (Å²) in [4.78, 5) is 24.5. The van der Waals surface area contributed by atoms with E-state index in [2.05, 4.69) is 11.7 Å². The van der Waals surface area contributed by atoms with Crippen molar-refractivity contribution in [2.75, 3.05) is 13.1 Å². The van der Waals surface area contributed by atoms with Crippen LogP contribution in [0.15, 0.2) is 18.9 Å². The minimum atomic E-state index is -0.977. The molecule has 1 aliphatic heterocycles. The lowest BCUT2D eigenvalue weighted by molar-refractivity contribution is -0.127. The molecule has 2 rings (SSSR count). The van der Waals surface area contributed by atoms with E-state index in [4.69, 9.17) is 0 Å². The molecule has 1 N–H and O–H groups in total. The summed E-state index contributed by atoms with van der Waals surface area (Å²) < 4.78 is 1.51. The minimum Gasteiger partial charge on any atom is -0.478 e. The van der Waals surface area contributed by atoms with Crippen molar-refractivity contribution in [2.24, 2.45) is 7.05 Å². The summed E-state index contributed by atoms with van der Waals surface area (Å²) in [6, 6.07) is 0. The average Bonchev–Trinajstić information content (AvgIpc) is 2.80. The van der Waals surface area contributed by atoms with Gasteiger partial charge in [-0.1, -0.05) is 6.58 Å². The molecule has 1 aromatic heterocycles. The fourth-order valence-corrected chi connectivity index (χ4v) is 2.50. The molecule has 1 aliphatic rings. The van der Waals surface area contributed by atoms with Crippen LogP contribution < -0.4 is 0 Å². The zero-order valence-electron chi connectivity index (χ0n) is 10.9. The number of likely N-dealkylation sites (tertiary alicyclic amines) is 1. The van der Waals surface area contributed by atoms with E-state index >= 15 is 0 Å². The van der Waals surface area contributed by atoms with Crippen LogP contribution >= 0.6 is 0 Å². The molecule has 1 saturated heterocycles. The van der Waals surface area contributed by atoms with Gasteiger partial charge in [-0.25, -0.2) is 4.79 Å². The van der Waals surface area contributed by atoms with Gasteiger partial charge in [-0.05, 0) is 18.9 Å². The Morgan fingerprint density at radius 2 is 2.32 bits per heavy atom. The standard InChI is InChI=1S/C13H17N3O3/c1-3-11(17)16-6-4-5-9(7-16)12-10(13(18)19)8-15(2)14-12/h3,8-9H,1,4-7H2,2H3,(H,18,19). The van der Waals surface area contributed by atoms with Crippen LogP contribution in [0.4, 0.5) is 0 Å².